The first-order chi connectivity index (χ1) is 9.43. The third kappa shape index (κ3) is 4.39. The zero-order valence-electron chi connectivity index (χ0n) is 9.85. The molecule has 0 aliphatic carbocycles. The minimum Gasteiger partial charge on any atom is -0.430 e. The number of ether oxygens (including phenoxy) is 1. The van der Waals surface area contributed by atoms with Gasteiger partial charge in [-0.3, -0.25) is 0 Å². The number of urea groups is 1. The van der Waals surface area contributed by atoms with Crippen LogP contribution >= 0.6 is 0 Å². The maximum atomic E-state index is 13.3. The Kier molecular flexibility index (Phi) is 4.54. The second kappa shape index (κ2) is 5.66. The van der Waals surface area contributed by atoms with Crippen molar-refractivity contribution in [2.75, 3.05) is 5.32 Å². The van der Waals surface area contributed by atoms with Crippen molar-refractivity contribution in [3.63, 3.8) is 0 Å². The van der Waals surface area contributed by atoms with Crippen LogP contribution in [0.2, 0.25) is 0 Å². The quantitative estimate of drug-likeness (QED) is 0.837. The van der Waals surface area contributed by atoms with Gasteiger partial charge in [0.25, 0.3) is 6.17 Å². The second-order valence-corrected chi connectivity index (χ2v) is 3.70. The summed E-state index contributed by atoms with van der Waals surface area (Å²) in [5.74, 6) is -2.39. The Morgan fingerprint density at radius 2 is 1.81 bits per heavy atom. The van der Waals surface area contributed by atoms with Crippen LogP contribution in [0.25, 0.3) is 0 Å². The number of rotatable bonds is 4. The molecular weight excluding hydrogens is 313 g/mol. The zero-order valence-corrected chi connectivity index (χ0v) is 9.85. The van der Waals surface area contributed by atoms with E-state index in [1.807, 2.05) is 0 Å². The summed E-state index contributed by atoms with van der Waals surface area (Å²) in [6, 6.07) is 0.383. The number of halogens is 7. The summed E-state index contributed by atoms with van der Waals surface area (Å²) in [7, 11) is 0. The Morgan fingerprint density at radius 3 is 2.24 bits per heavy atom. The highest BCUT2D eigenvalue weighted by Gasteiger charge is 2.59. The standard InChI is InChI=1S/C10H7F7N2O2/c11-5-3-4(1-2-6(5)19-8(18)20)21-10(16,17)7(12)9(13,14)15/h1-3,7H,(H3,18,19,20). The molecule has 1 atom stereocenters. The lowest BCUT2D eigenvalue weighted by Gasteiger charge is -2.23. The van der Waals surface area contributed by atoms with E-state index in [-0.39, 0.29) is 6.07 Å². The van der Waals surface area contributed by atoms with Gasteiger partial charge >= 0.3 is 18.3 Å². The van der Waals surface area contributed by atoms with Crippen LogP contribution in [0.15, 0.2) is 18.2 Å². The number of carbonyl (C=O) groups is 1. The third-order valence-corrected chi connectivity index (χ3v) is 2.03. The topological polar surface area (TPSA) is 64.4 Å². The lowest BCUT2D eigenvalue weighted by molar-refractivity contribution is -0.305. The molecule has 1 aromatic carbocycles. The molecule has 0 aromatic heterocycles. The fraction of sp³-hybridized carbons (Fsp3) is 0.300. The van der Waals surface area contributed by atoms with E-state index in [0.29, 0.717) is 12.1 Å². The van der Waals surface area contributed by atoms with Crippen molar-refractivity contribution in [2.45, 2.75) is 18.5 Å². The number of anilines is 1. The minimum absolute atomic E-state index is 0.238. The van der Waals surface area contributed by atoms with Crippen LogP contribution in [0.3, 0.4) is 0 Å². The van der Waals surface area contributed by atoms with E-state index < -0.39 is 41.7 Å². The molecule has 0 fully saturated rings. The van der Waals surface area contributed by atoms with Crippen LogP contribution in [0.4, 0.5) is 41.2 Å². The lowest BCUT2D eigenvalue weighted by atomic mass is 10.3. The number of nitrogens with two attached hydrogens (primary N) is 1. The molecule has 0 saturated heterocycles. The van der Waals surface area contributed by atoms with Gasteiger partial charge in [0.05, 0.1) is 5.69 Å². The molecule has 1 aromatic rings. The number of hydrogen-bond acceptors (Lipinski definition) is 2. The van der Waals surface area contributed by atoms with Crippen molar-refractivity contribution in [3.8, 4) is 5.75 Å². The number of primary amides is 1. The van der Waals surface area contributed by atoms with E-state index >= 15 is 0 Å². The van der Waals surface area contributed by atoms with Gasteiger partial charge in [0.2, 0.25) is 0 Å². The second-order valence-electron chi connectivity index (χ2n) is 3.70. The molecular formula is C10H7F7N2O2. The zero-order chi connectivity index (χ0) is 16.4. The summed E-state index contributed by atoms with van der Waals surface area (Å²) < 4.78 is 90.8. The summed E-state index contributed by atoms with van der Waals surface area (Å²) in [5.41, 5.74) is 4.16. The van der Waals surface area contributed by atoms with E-state index in [1.165, 1.54) is 0 Å². The smallest absolute Gasteiger partial charge is 0.430 e. The van der Waals surface area contributed by atoms with Gasteiger partial charge in [-0.05, 0) is 12.1 Å². The van der Waals surface area contributed by atoms with Crippen molar-refractivity contribution < 1.29 is 40.3 Å². The van der Waals surface area contributed by atoms with Crippen LogP contribution in [-0.2, 0) is 0 Å². The van der Waals surface area contributed by atoms with Gasteiger partial charge in [0, 0.05) is 6.07 Å². The summed E-state index contributed by atoms with van der Waals surface area (Å²) in [4.78, 5) is 10.5. The van der Waals surface area contributed by atoms with Crippen molar-refractivity contribution >= 4 is 11.7 Å². The van der Waals surface area contributed by atoms with Crippen molar-refractivity contribution in [1.29, 1.82) is 0 Å². The average molecular weight is 320 g/mol. The Morgan fingerprint density at radius 1 is 1.24 bits per heavy atom. The molecule has 1 rings (SSSR count). The molecule has 3 N–H and O–H groups in total. The number of amides is 2. The maximum absolute atomic E-state index is 13.3. The third-order valence-electron chi connectivity index (χ3n) is 2.03. The fourth-order valence-electron chi connectivity index (χ4n) is 1.19. The molecule has 2 amide bonds. The van der Waals surface area contributed by atoms with E-state index in [1.54, 1.807) is 5.32 Å². The predicted molar refractivity (Wildman–Crippen MR) is 56.1 cm³/mol. The van der Waals surface area contributed by atoms with Crippen LogP contribution < -0.4 is 15.8 Å². The first-order valence-corrected chi connectivity index (χ1v) is 5.07. The Balaban J connectivity index is 2.93. The molecule has 0 heterocycles. The molecule has 0 saturated carbocycles. The fourth-order valence-corrected chi connectivity index (χ4v) is 1.19. The van der Waals surface area contributed by atoms with E-state index in [0.717, 1.165) is 0 Å². The molecule has 0 spiro atoms. The Labute approximate surface area is 112 Å². The average Bonchev–Trinajstić information content (AvgIpc) is 2.29. The van der Waals surface area contributed by atoms with Gasteiger partial charge in [-0.1, -0.05) is 0 Å². The maximum Gasteiger partial charge on any atom is 0.439 e. The van der Waals surface area contributed by atoms with Gasteiger partial charge in [0.15, 0.2) is 0 Å². The largest absolute Gasteiger partial charge is 0.439 e. The van der Waals surface area contributed by atoms with Crippen LogP contribution in [0.5, 0.6) is 5.75 Å². The van der Waals surface area contributed by atoms with E-state index in [9.17, 15) is 35.5 Å². The van der Waals surface area contributed by atoms with Gasteiger partial charge in [-0.25, -0.2) is 13.6 Å². The normalized spacial score (nSPS) is 13.7. The van der Waals surface area contributed by atoms with Crippen LogP contribution in [0.1, 0.15) is 0 Å². The lowest BCUT2D eigenvalue weighted by Crippen LogP contribution is -2.45. The molecule has 4 nitrogen and oxygen atoms in total. The first-order valence-electron chi connectivity index (χ1n) is 5.07. The van der Waals surface area contributed by atoms with Crippen molar-refractivity contribution in [2.24, 2.45) is 5.73 Å². The minimum atomic E-state index is -5.85. The summed E-state index contributed by atoms with van der Waals surface area (Å²) >= 11 is 0. The van der Waals surface area contributed by atoms with Crippen LogP contribution in [0, 0.1) is 5.82 Å². The molecule has 11 heteroatoms. The SMILES string of the molecule is NC(=O)Nc1ccc(OC(F)(F)C(F)C(F)(F)F)cc1F. The number of alkyl halides is 6. The molecule has 0 aliphatic heterocycles. The predicted octanol–water partition coefficient (Wildman–Crippen LogP) is 3.19. The number of carbonyl (C=O) groups excluding carboxylic acids is 1. The molecule has 0 bridgehead atoms. The van der Waals surface area contributed by atoms with Crippen LogP contribution in [-0.4, -0.2) is 24.5 Å². The molecule has 1 unspecified atom stereocenters. The van der Waals surface area contributed by atoms with Gasteiger partial charge < -0.3 is 15.8 Å². The van der Waals surface area contributed by atoms with Gasteiger partial charge in [-0.15, -0.1) is 0 Å². The Bertz CT molecular complexity index is 533. The first kappa shape index (κ1) is 16.9. The summed E-state index contributed by atoms with van der Waals surface area (Å²) in [5, 5.41) is 1.78. The highest BCUT2D eigenvalue weighted by atomic mass is 19.4. The van der Waals surface area contributed by atoms with Crippen molar-refractivity contribution in [3.05, 3.63) is 24.0 Å². The highest BCUT2D eigenvalue weighted by molar-refractivity contribution is 5.87. The van der Waals surface area contributed by atoms with Gasteiger partial charge in [-0.2, -0.15) is 22.0 Å². The summed E-state index contributed by atoms with van der Waals surface area (Å²) in [6.45, 7) is 0. The molecule has 118 valence electrons. The van der Waals surface area contributed by atoms with E-state index in [4.69, 9.17) is 0 Å². The van der Waals surface area contributed by atoms with E-state index in [2.05, 4.69) is 10.5 Å². The molecule has 0 radical (unpaired) electrons. The highest BCUT2D eigenvalue weighted by Crippen LogP contribution is 2.37. The number of nitrogens with one attached hydrogen (secondary N) is 1. The van der Waals surface area contributed by atoms with Gasteiger partial charge in [0.1, 0.15) is 11.6 Å². The monoisotopic (exact) mass is 320 g/mol. The summed E-state index contributed by atoms with van der Waals surface area (Å²) in [6.07, 6.45) is -15.7. The van der Waals surface area contributed by atoms with Crippen molar-refractivity contribution in [1.82, 2.24) is 0 Å². The Hall–Kier alpha value is -2.20. The number of benzene rings is 1. The molecule has 21 heavy (non-hydrogen) atoms. The number of hydrogen-bond donors (Lipinski definition) is 2. The molecule has 0 aliphatic rings.